The summed E-state index contributed by atoms with van der Waals surface area (Å²) < 4.78 is 13.8. The SMILES string of the molecule is N=C(C(=O)Nc1cnccc1F)c1cc(-c2cncc(CN3CCCCC3)c2)ccc1N. The third-order valence-electron chi connectivity index (χ3n) is 5.55. The van der Waals surface area contributed by atoms with Crippen LogP contribution in [0.1, 0.15) is 30.4 Å². The molecule has 0 atom stereocenters. The molecule has 0 saturated carbocycles. The minimum atomic E-state index is -0.766. The molecule has 4 rings (SSSR count). The number of nitrogen functional groups attached to an aromatic ring is 1. The van der Waals surface area contributed by atoms with Gasteiger partial charge in [-0.15, -0.1) is 0 Å². The van der Waals surface area contributed by atoms with Gasteiger partial charge in [-0.2, -0.15) is 0 Å². The minimum absolute atomic E-state index is 0.0911. The van der Waals surface area contributed by atoms with Crippen LogP contribution in [0.3, 0.4) is 0 Å². The molecule has 2 aromatic heterocycles. The summed E-state index contributed by atoms with van der Waals surface area (Å²) in [6.07, 6.45) is 9.84. The van der Waals surface area contributed by atoms with Gasteiger partial charge in [0.2, 0.25) is 0 Å². The average Bonchev–Trinajstić information content (AvgIpc) is 2.81. The molecule has 7 nitrogen and oxygen atoms in total. The number of rotatable bonds is 6. The fraction of sp³-hybridized carbons (Fsp3) is 0.250. The summed E-state index contributed by atoms with van der Waals surface area (Å²) in [6.45, 7) is 3.04. The maximum Gasteiger partial charge on any atom is 0.274 e. The lowest BCUT2D eigenvalue weighted by atomic mass is 9.99. The highest BCUT2D eigenvalue weighted by molar-refractivity contribution is 6.48. The molecule has 1 aliphatic rings. The Morgan fingerprint density at radius 3 is 2.66 bits per heavy atom. The van der Waals surface area contributed by atoms with Gasteiger partial charge in [-0.25, -0.2) is 4.39 Å². The van der Waals surface area contributed by atoms with Crippen molar-refractivity contribution in [1.29, 1.82) is 5.41 Å². The fourth-order valence-electron chi connectivity index (χ4n) is 3.84. The second-order valence-electron chi connectivity index (χ2n) is 7.91. The number of piperidine rings is 1. The molecular weight excluding hydrogens is 407 g/mol. The van der Waals surface area contributed by atoms with Gasteiger partial charge in [0.1, 0.15) is 11.5 Å². The molecule has 1 aliphatic heterocycles. The number of carbonyl (C=O) groups excluding carboxylic acids is 1. The number of amides is 1. The van der Waals surface area contributed by atoms with E-state index in [-0.39, 0.29) is 22.6 Å². The summed E-state index contributed by atoms with van der Waals surface area (Å²) in [6, 6.07) is 8.41. The Kier molecular flexibility index (Phi) is 6.51. The van der Waals surface area contributed by atoms with E-state index in [4.69, 9.17) is 11.1 Å². The number of aromatic nitrogens is 2. The standard InChI is InChI=1S/C24H25FN6O/c25-20-6-7-28-14-22(20)30-24(32)23(27)19-11-17(4-5-21(19)26)18-10-16(12-29-13-18)15-31-8-2-1-3-9-31/h4-7,10-14,27H,1-3,8-9,15,26H2,(H,30,32). The van der Waals surface area contributed by atoms with Crippen molar-refractivity contribution < 1.29 is 9.18 Å². The van der Waals surface area contributed by atoms with E-state index in [0.29, 0.717) is 0 Å². The van der Waals surface area contributed by atoms with Crippen molar-refractivity contribution >= 4 is 23.0 Å². The second kappa shape index (κ2) is 9.65. The number of halogens is 1. The highest BCUT2D eigenvalue weighted by atomic mass is 19.1. The van der Waals surface area contributed by atoms with Crippen molar-refractivity contribution in [2.45, 2.75) is 25.8 Å². The molecular formula is C24H25FN6O. The van der Waals surface area contributed by atoms with Crippen molar-refractivity contribution in [3.63, 3.8) is 0 Å². The van der Waals surface area contributed by atoms with Crippen LogP contribution in [0, 0.1) is 11.2 Å². The van der Waals surface area contributed by atoms with Crippen molar-refractivity contribution in [1.82, 2.24) is 14.9 Å². The lowest BCUT2D eigenvalue weighted by Gasteiger charge is -2.26. The molecule has 8 heteroatoms. The first-order valence-corrected chi connectivity index (χ1v) is 10.6. The van der Waals surface area contributed by atoms with Crippen molar-refractivity contribution in [3.05, 3.63) is 72.1 Å². The van der Waals surface area contributed by atoms with Crippen molar-refractivity contribution in [3.8, 4) is 11.1 Å². The first-order chi connectivity index (χ1) is 15.5. The Morgan fingerprint density at radius 1 is 1.06 bits per heavy atom. The van der Waals surface area contributed by atoms with E-state index in [1.807, 2.05) is 12.3 Å². The average molecular weight is 433 g/mol. The number of benzene rings is 1. The van der Waals surface area contributed by atoms with Gasteiger partial charge in [0, 0.05) is 41.9 Å². The predicted octanol–water partition coefficient (Wildman–Crippen LogP) is 3.86. The molecule has 1 amide bonds. The summed E-state index contributed by atoms with van der Waals surface area (Å²) >= 11 is 0. The smallest absolute Gasteiger partial charge is 0.274 e. The lowest BCUT2D eigenvalue weighted by molar-refractivity contribution is -0.110. The molecule has 4 N–H and O–H groups in total. The number of nitrogens with one attached hydrogen (secondary N) is 2. The van der Waals surface area contributed by atoms with Crippen molar-refractivity contribution in [2.24, 2.45) is 0 Å². The molecule has 0 unspecified atom stereocenters. The van der Waals surface area contributed by atoms with Crippen LogP contribution in [0.5, 0.6) is 0 Å². The van der Waals surface area contributed by atoms with Gasteiger partial charge in [-0.3, -0.25) is 25.1 Å². The number of pyridine rings is 2. The quantitative estimate of drug-likeness (QED) is 0.405. The molecule has 32 heavy (non-hydrogen) atoms. The number of hydrogen-bond acceptors (Lipinski definition) is 6. The maximum atomic E-state index is 13.8. The zero-order valence-electron chi connectivity index (χ0n) is 17.6. The van der Waals surface area contributed by atoms with Crippen LogP contribution in [-0.4, -0.2) is 39.6 Å². The summed E-state index contributed by atoms with van der Waals surface area (Å²) in [5.41, 5.74) is 8.96. The Hall–Kier alpha value is -3.65. The Morgan fingerprint density at radius 2 is 1.88 bits per heavy atom. The van der Waals surface area contributed by atoms with E-state index in [1.165, 1.54) is 31.7 Å². The highest BCUT2D eigenvalue weighted by Gasteiger charge is 2.18. The number of carbonyl (C=O) groups is 1. The van der Waals surface area contributed by atoms with Crippen LogP contribution >= 0.6 is 0 Å². The van der Waals surface area contributed by atoms with Crippen LogP contribution in [0.15, 0.2) is 55.1 Å². The van der Waals surface area contributed by atoms with E-state index in [0.717, 1.165) is 42.4 Å². The lowest BCUT2D eigenvalue weighted by Crippen LogP contribution is -2.29. The molecule has 0 bridgehead atoms. The number of nitrogens with two attached hydrogens (primary N) is 1. The Bertz CT molecular complexity index is 1140. The third kappa shape index (κ3) is 4.97. The van der Waals surface area contributed by atoms with Crippen LogP contribution in [-0.2, 0) is 11.3 Å². The van der Waals surface area contributed by atoms with Gasteiger partial charge in [0.15, 0.2) is 0 Å². The summed E-state index contributed by atoms with van der Waals surface area (Å²) in [5, 5.41) is 10.7. The van der Waals surface area contributed by atoms with Gasteiger partial charge in [0.05, 0.1) is 11.9 Å². The largest absolute Gasteiger partial charge is 0.398 e. The van der Waals surface area contributed by atoms with Gasteiger partial charge in [0.25, 0.3) is 5.91 Å². The molecule has 1 aromatic carbocycles. The number of nitrogens with zero attached hydrogens (tertiary/aromatic N) is 3. The molecule has 0 radical (unpaired) electrons. The van der Waals surface area contributed by atoms with Crippen LogP contribution in [0.4, 0.5) is 15.8 Å². The molecule has 1 fully saturated rings. The zero-order chi connectivity index (χ0) is 22.5. The first-order valence-electron chi connectivity index (χ1n) is 10.6. The van der Waals surface area contributed by atoms with Crippen molar-refractivity contribution in [2.75, 3.05) is 24.1 Å². The molecule has 0 aliphatic carbocycles. The molecule has 164 valence electrons. The van der Waals surface area contributed by atoms with Gasteiger partial charge < -0.3 is 11.1 Å². The monoisotopic (exact) mass is 432 g/mol. The van der Waals surface area contributed by atoms with E-state index < -0.39 is 11.7 Å². The first kappa shape index (κ1) is 21.6. The van der Waals surface area contributed by atoms with E-state index in [1.54, 1.807) is 18.3 Å². The third-order valence-corrected chi connectivity index (χ3v) is 5.55. The number of likely N-dealkylation sites (tertiary alicyclic amines) is 1. The van der Waals surface area contributed by atoms with Gasteiger partial charge in [-0.1, -0.05) is 12.5 Å². The van der Waals surface area contributed by atoms with E-state index in [2.05, 4.69) is 26.3 Å². The Labute approximate surface area is 186 Å². The highest BCUT2D eigenvalue weighted by Crippen LogP contribution is 2.25. The second-order valence-corrected chi connectivity index (χ2v) is 7.91. The predicted molar refractivity (Wildman–Crippen MR) is 123 cm³/mol. The molecule has 1 saturated heterocycles. The molecule has 0 spiro atoms. The fourth-order valence-corrected chi connectivity index (χ4v) is 3.84. The van der Waals surface area contributed by atoms with Crippen LogP contribution in [0.2, 0.25) is 0 Å². The summed E-state index contributed by atoms with van der Waals surface area (Å²) in [5.74, 6) is -1.39. The molecule has 3 heterocycles. The molecule has 3 aromatic rings. The summed E-state index contributed by atoms with van der Waals surface area (Å²) in [4.78, 5) is 23.1. The van der Waals surface area contributed by atoms with E-state index >= 15 is 0 Å². The van der Waals surface area contributed by atoms with Gasteiger partial charge in [-0.05, 0) is 61.3 Å². The summed E-state index contributed by atoms with van der Waals surface area (Å²) in [7, 11) is 0. The normalized spacial score (nSPS) is 14.2. The van der Waals surface area contributed by atoms with Crippen LogP contribution < -0.4 is 11.1 Å². The van der Waals surface area contributed by atoms with Gasteiger partial charge >= 0.3 is 0 Å². The number of anilines is 2. The number of hydrogen-bond donors (Lipinski definition) is 3. The Balaban J connectivity index is 1.54. The topological polar surface area (TPSA) is 108 Å². The minimum Gasteiger partial charge on any atom is -0.398 e. The maximum absolute atomic E-state index is 13.8. The van der Waals surface area contributed by atoms with E-state index in [9.17, 15) is 9.18 Å². The zero-order valence-corrected chi connectivity index (χ0v) is 17.6. The van der Waals surface area contributed by atoms with Crippen LogP contribution in [0.25, 0.3) is 11.1 Å².